The summed E-state index contributed by atoms with van der Waals surface area (Å²) in [6, 6.07) is 0. The Morgan fingerprint density at radius 1 is 0.317 bits per heavy atom. The molecule has 0 aliphatic heterocycles. The number of esters is 2. The van der Waals surface area contributed by atoms with E-state index in [1.807, 2.05) is 21.1 Å². The van der Waals surface area contributed by atoms with Crippen LogP contribution in [-0.4, -0.2) is 82.3 Å². The van der Waals surface area contributed by atoms with Crippen LogP contribution in [0.1, 0.15) is 393 Å². The normalized spacial score (nSPS) is 12.5. The average Bonchev–Trinajstić information content (AvgIpc) is 3.47. The molecule has 0 N–H and O–H groups in total. The van der Waals surface area contributed by atoms with Gasteiger partial charge in [-0.2, -0.15) is 0 Å². The van der Waals surface area contributed by atoms with Crippen LogP contribution < -0.4 is 5.11 Å². The quantitative estimate of drug-likeness (QED) is 0.0256. The molecule has 2 atom stereocenters. The SMILES string of the molecule is CCCCCCCCCCCCCCCCCCCCCCCCCCCCCCCCC(=O)OC(COC(=O)CCCCCCCCCCCCCCCCCCCCCCCCCCCCC)COC(OCC[N+](C)(C)C)C(=O)[O-]. The summed E-state index contributed by atoms with van der Waals surface area (Å²) < 4.78 is 22.9. The van der Waals surface area contributed by atoms with Crippen LogP contribution in [-0.2, 0) is 33.3 Å². The number of unbranched alkanes of at least 4 members (excludes halogenated alkanes) is 55. The molecule has 0 saturated carbocycles. The minimum Gasteiger partial charge on any atom is -0.545 e. The fourth-order valence-electron chi connectivity index (χ4n) is 11.5. The second kappa shape index (κ2) is 65.3. The first-order valence-corrected chi connectivity index (χ1v) is 36.7. The zero-order valence-corrected chi connectivity index (χ0v) is 55.9. The van der Waals surface area contributed by atoms with E-state index in [-0.39, 0.29) is 32.2 Å². The molecule has 0 spiro atoms. The predicted octanol–water partition coefficient (Wildman–Crippen LogP) is 21.3. The molecule has 2 unspecified atom stereocenters. The number of hydrogen-bond acceptors (Lipinski definition) is 8. The summed E-state index contributed by atoms with van der Waals surface area (Å²) in [7, 11) is 5.95. The summed E-state index contributed by atoms with van der Waals surface area (Å²) in [4.78, 5) is 37.5. The Morgan fingerprint density at radius 3 is 0.780 bits per heavy atom. The van der Waals surface area contributed by atoms with Gasteiger partial charge in [0.2, 0.25) is 0 Å². The number of carboxylic acids is 1. The highest BCUT2D eigenvalue weighted by atomic mass is 16.7. The van der Waals surface area contributed by atoms with Gasteiger partial charge in [-0.1, -0.05) is 367 Å². The maximum atomic E-state index is 12.9. The molecule has 0 aromatic carbocycles. The first-order valence-electron chi connectivity index (χ1n) is 36.7. The van der Waals surface area contributed by atoms with E-state index in [0.717, 1.165) is 38.5 Å². The number of rotatable bonds is 70. The monoisotopic (exact) mass is 1160 g/mol. The van der Waals surface area contributed by atoms with E-state index in [4.69, 9.17) is 18.9 Å². The van der Waals surface area contributed by atoms with Gasteiger partial charge in [0.1, 0.15) is 13.2 Å². The van der Waals surface area contributed by atoms with Crippen LogP contribution in [0.4, 0.5) is 0 Å². The van der Waals surface area contributed by atoms with Gasteiger partial charge in [0.25, 0.3) is 0 Å². The van der Waals surface area contributed by atoms with Crippen molar-refractivity contribution in [1.29, 1.82) is 0 Å². The van der Waals surface area contributed by atoms with Crippen molar-refractivity contribution >= 4 is 17.9 Å². The number of quaternary nitrogens is 1. The lowest BCUT2D eigenvalue weighted by Gasteiger charge is -2.26. The van der Waals surface area contributed by atoms with E-state index in [0.29, 0.717) is 17.4 Å². The molecule has 0 aliphatic carbocycles. The van der Waals surface area contributed by atoms with Crippen LogP contribution in [0, 0.1) is 0 Å². The smallest absolute Gasteiger partial charge is 0.306 e. The van der Waals surface area contributed by atoms with Crippen molar-refractivity contribution in [3.8, 4) is 0 Å². The maximum absolute atomic E-state index is 12.9. The fraction of sp³-hybridized carbons (Fsp3) is 0.959. The van der Waals surface area contributed by atoms with Gasteiger partial charge in [-0.05, 0) is 12.8 Å². The molecule has 0 aromatic rings. The van der Waals surface area contributed by atoms with E-state index in [2.05, 4.69) is 13.8 Å². The molecule has 0 heterocycles. The molecule has 9 nitrogen and oxygen atoms in total. The summed E-state index contributed by atoms with van der Waals surface area (Å²) in [6.45, 7) is 4.85. The van der Waals surface area contributed by atoms with Crippen LogP contribution in [0.2, 0.25) is 0 Å². The molecule has 0 aromatic heterocycles. The summed E-state index contributed by atoms with van der Waals surface area (Å²) in [5.74, 6) is -2.24. The molecule has 488 valence electrons. The molecular formula is C73H143NO8. The Balaban J connectivity index is 4.01. The van der Waals surface area contributed by atoms with Gasteiger partial charge >= 0.3 is 11.9 Å². The molecule has 82 heavy (non-hydrogen) atoms. The lowest BCUT2D eigenvalue weighted by Crippen LogP contribution is -2.44. The highest BCUT2D eigenvalue weighted by molar-refractivity contribution is 5.70. The second-order valence-electron chi connectivity index (χ2n) is 26.6. The Morgan fingerprint density at radius 2 is 0.549 bits per heavy atom. The topological polar surface area (TPSA) is 111 Å². The Labute approximate surface area is 511 Å². The third-order valence-corrected chi connectivity index (χ3v) is 17.1. The van der Waals surface area contributed by atoms with Gasteiger partial charge in [0.15, 0.2) is 12.4 Å². The molecule has 0 radical (unpaired) electrons. The Hall–Kier alpha value is -1.71. The van der Waals surface area contributed by atoms with Crippen molar-refractivity contribution < 1.29 is 42.9 Å². The number of aliphatic carboxylic acids is 1. The lowest BCUT2D eigenvalue weighted by atomic mass is 10.0. The van der Waals surface area contributed by atoms with Crippen LogP contribution in [0.3, 0.4) is 0 Å². The zero-order chi connectivity index (χ0) is 59.8. The third-order valence-electron chi connectivity index (χ3n) is 17.1. The third kappa shape index (κ3) is 65.8. The van der Waals surface area contributed by atoms with E-state index in [1.54, 1.807) is 0 Å². The number of carboxylic acid groups (broad SMARTS) is 1. The fourth-order valence-corrected chi connectivity index (χ4v) is 11.5. The number of carbonyl (C=O) groups excluding carboxylic acids is 3. The van der Waals surface area contributed by atoms with Gasteiger partial charge in [0.05, 0.1) is 40.3 Å². The summed E-state index contributed by atoms with van der Waals surface area (Å²) in [6.07, 6.45) is 74.9. The molecule has 0 bridgehead atoms. The van der Waals surface area contributed by atoms with E-state index >= 15 is 0 Å². The van der Waals surface area contributed by atoms with Crippen LogP contribution in [0.25, 0.3) is 0 Å². The van der Waals surface area contributed by atoms with Crippen LogP contribution >= 0.6 is 0 Å². The molecule has 9 heteroatoms. The number of hydrogen-bond donors (Lipinski definition) is 0. The highest BCUT2D eigenvalue weighted by Crippen LogP contribution is 2.20. The first-order chi connectivity index (χ1) is 40.1. The predicted molar refractivity (Wildman–Crippen MR) is 348 cm³/mol. The van der Waals surface area contributed by atoms with Gasteiger partial charge in [-0.3, -0.25) is 9.59 Å². The van der Waals surface area contributed by atoms with Gasteiger partial charge in [0, 0.05) is 12.8 Å². The molecule has 0 aliphatic rings. The summed E-state index contributed by atoms with van der Waals surface area (Å²) >= 11 is 0. The number of likely N-dealkylation sites (N-methyl/N-ethyl adjacent to an activating group) is 1. The largest absolute Gasteiger partial charge is 0.545 e. The van der Waals surface area contributed by atoms with Crippen LogP contribution in [0.5, 0.6) is 0 Å². The maximum Gasteiger partial charge on any atom is 0.306 e. The van der Waals surface area contributed by atoms with Crippen molar-refractivity contribution in [2.24, 2.45) is 0 Å². The number of carbonyl (C=O) groups is 3. The minimum atomic E-state index is -1.62. The standard InChI is InChI=1S/C73H143NO8/c1-6-8-10-12-14-16-18-20-22-24-26-28-30-32-34-35-36-38-40-42-44-46-48-50-52-54-56-58-60-62-64-71(76)82-69(68-81-73(72(77)78)79-66-65-74(3,4)5)67-80-70(75)63-61-59-57-55-53-51-49-47-45-43-41-39-37-33-31-29-27-25-23-21-19-17-15-13-11-9-7-2/h69,73H,6-68H2,1-5H3. The van der Waals surface area contributed by atoms with Crippen molar-refractivity contribution in [2.75, 3.05) is 47.5 Å². The first kappa shape index (κ1) is 80.3. The van der Waals surface area contributed by atoms with E-state index in [9.17, 15) is 19.5 Å². The molecule has 0 saturated heterocycles. The summed E-state index contributed by atoms with van der Waals surface area (Å²) in [5.41, 5.74) is 0. The number of ether oxygens (including phenoxy) is 4. The molecule has 0 fully saturated rings. The van der Waals surface area contributed by atoms with Gasteiger partial charge in [-0.15, -0.1) is 0 Å². The zero-order valence-electron chi connectivity index (χ0n) is 55.9. The number of nitrogens with zero attached hydrogens (tertiary/aromatic N) is 1. The Bertz CT molecular complexity index is 1300. The molecular weight excluding hydrogens is 1020 g/mol. The van der Waals surface area contributed by atoms with E-state index in [1.165, 1.54) is 327 Å². The van der Waals surface area contributed by atoms with Gasteiger partial charge < -0.3 is 33.3 Å². The average molecular weight is 1160 g/mol. The lowest BCUT2D eigenvalue weighted by molar-refractivity contribution is -0.870. The van der Waals surface area contributed by atoms with Gasteiger partial charge in [-0.25, -0.2) is 0 Å². The van der Waals surface area contributed by atoms with Crippen molar-refractivity contribution in [2.45, 2.75) is 405 Å². The minimum absolute atomic E-state index is 0.154. The summed E-state index contributed by atoms with van der Waals surface area (Å²) in [5, 5.41) is 11.8. The second-order valence-corrected chi connectivity index (χ2v) is 26.6. The molecule has 0 amide bonds. The molecule has 0 rings (SSSR count). The van der Waals surface area contributed by atoms with E-state index < -0.39 is 24.3 Å². The van der Waals surface area contributed by atoms with Crippen molar-refractivity contribution in [3.05, 3.63) is 0 Å². The highest BCUT2D eigenvalue weighted by Gasteiger charge is 2.22. The van der Waals surface area contributed by atoms with Crippen molar-refractivity contribution in [3.63, 3.8) is 0 Å². The van der Waals surface area contributed by atoms with Crippen LogP contribution in [0.15, 0.2) is 0 Å². The Kier molecular flexibility index (Phi) is 63.9. The van der Waals surface area contributed by atoms with Crippen molar-refractivity contribution in [1.82, 2.24) is 0 Å².